The zero-order valence-electron chi connectivity index (χ0n) is 13.8. The van der Waals surface area contributed by atoms with Crippen LogP contribution in [0, 0.1) is 5.92 Å². The van der Waals surface area contributed by atoms with Gasteiger partial charge >= 0.3 is 0 Å². The second kappa shape index (κ2) is 7.36. The van der Waals surface area contributed by atoms with Crippen molar-refractivity contribution in [3.05, 3.63) is 54.1 Å². The first-order valence-corrected chi connectivity index (χ1v) is 8.21. The maximum absolute atomic E-state index is 12.5. The molecule has 2 aromatic carbocycles. The molecule has 0 aliphatic heterocycles. The summed E-state index contributed by atoms with van der Waals surface area (Å²) in [6.45, 7) is 0.511. The van der Waals surface area contributed by atoms with Gasteiger partial charge < -0.3 is 21.1 Å². The standard InChI is InChI=1S/C19H23N3O2/c1-24-15-6-4-5-14(11-15)22-18-8-3-2-7-16(18)19(23)21-12-17(20)13-9-10-13/h2-8,11,13,17,22H,9-10,12,20H2,1H3,(H,21,23). The number of nitrogens with one attached hydrogen (secondary N) is 2. The van der Waals surface area contributed by atoms with Crippen molar-refractivity contribution in [2.45, 2.75) is 18.9 Å². The van der Waals surface area contributed by atoms with Crippen molar-refractivity contribution in [2.24, 2.45) is 11.7 Å². The summed E-state index contributed by atoms with van der Waals surface area (Å²) in [5, 5.41) is 6.22. The van der Waals surface area contributed by atoms with Gasteiger partial charge in [-0.1, -0.05) is 18.2 Å². The highest BCUT2D eigenvalue weighted by Gasteiger charge is 2.28. The van der Waals surface area contributed by atoms with E-state index in [1.54, 1.807) is 13.2 Å². The van der Waals surface area contributed by atoms with Gasteiger partial charge in [0.1, 0.15) is 5.75 Å². The van der Waals surface area contributed by atoms with Crippen molar-refractivity contribution in [1.82, 2.24) is 5.32 Å². The van der Waals surface area contributed by atoms with Gasteiger partial charge in [-0.3, -0.25) is 4.79 Å². The number of methoxy groups -OCH3 is 1. The number of carbonyl (C=O) groups excluding carboxylic acids is 1. The smallest absolute Gasteiger partial charge is 0.253 e. The second-order valence-electron chi connectivity index (χ2n) is 6.11. The highest BCUT2D eigenvalue weighted by atomic mass is 16.5. The Bertz CT molecular complexity index is 713. The van der Waals surface area contributed by atoms with Crippen molar-refractivity contribution < 1.29 is 9.53 Å². The van der Waals surface area contributed by atoms with Crippen LogP contribution in [-0.2, 0) is 0 Å². The third-order valence-corrected chi connectivity index (χ3v) is 4.25. The molecule has 1 aliphatic rings. The Balaban J connectivity index is 1.70. The molecule has 5 heteroatoms. The van der Waals surface area contributed by atoms with Gasteiger partial charge in [0.15, 0.2) is 0 Å². The molecule has 126 valence electrons. The minimum atomic E-state index is -0.114. The summed E-state index contributed by atoms with van der Waals surface area (Å²) in [4.78, 5) is 12.5. The van der Waals surface area contributed by atoms with E-state index in [4.69, 9.17) is 10.5 Å². The Kier molecular flexibility index (Phi) is 5.01. The molecule has 4 N–H and O–H groups in total. The van der Waals surface area contributed by atoms with Crippen LogP contribution in [0.25, 0.3) is 0 Å². The molecule has 0 heterocycles. The summed E-state index contributed by atoms with van der Waals surface area (Å²) in [7, 11) is 1.63. The number of nitrogens with two attached hydrogens (primary N) is 1. The van der Waals surface area contributed by atoms with Gasteiger partial charge in [0, 0.05) is 24.3 Å². The number of benzene rings is 2. The van der Waals surface area contributed by atoms with E-state index >= 15 is 0 Å². The molecule has 1 atom stereocenters. The normalized spacial score (nSPS) is 14.8. The number of rotatable bonds is 7. The van der Waals surface area contributed by atoms with E-state index in [9.17, 15) is 4.79 Å². The minimum Gasteiger partial charge on any atom is -0.497 e. The summed E-state index contributed by atoms with van der Waals surface area (Å²) in [6.07, 6.45) is 2.34. The van der Waals surface area contributed by atoms with E-state index in [1.807, 2.05) is 42.5 Å². The van der Waals surface area contributed by atoms with E-state index in [0.29, 0.717) is 18.0 Å². The number of anilines is 2. The maximum atomic E-state index is 12.5. The molecule has 0 aromatic heterocycles. The van der Waals surface area contributed by atoms with Crippen molar-refractivity contribution in [3.63, 3.8) is 0 Å². The van der Waals surface area contributed by atoms with Crippen LogP contribution >= 0.6 is 0 Å². The molecule has 1 fully saturated rings. The maximum Gasteiger partial charge on any atom is 0.253 e. The lowest BCUT2D eigenvalue weighted by Gasteiger charge is -2.15. The highest BCUT2D eigenvalue weighted by Crippen LogP contribution is 2.31. The molecule has 5 nitrogen and oxygen atoms in total. The average molecular weight is 325 g/mol. The number of hydrogen-bond donors (Lipinski definition) is 3. The summed E-state index contributed by atoms with van der Waals surface area (Å²) < 4.78 is 5.23. The molecule has 3 rings (SSSR count). The molecule has 0 bridgehead atoms. The predicted molar refractivity (Wildman–Crippen MR) is 95.8 cm³/mol. The molecule has 0 spiro atoms. The van der Waals surface area contributed by atoms with Crippen LogP contribution in [0.15, 0.2) is 48.5 Å². The lowest BCUT2D eigenvalue weighted by Crippen LogP contribution is -2.38. The minimum absolute atomic E-state index is 0.0486. The number of hydrogen-bond acceptors (Lipinski definition) is 4. The zero-order chi connectivity index (χ0) is 16.9. The molecule has 0 radical (unpaired) electrons. The molecule has 1 saturated carbocycles. The molecule has 0 saturated heterocycles. The average Bonchev–Trinajstić information content (AvgIpc) is 3.45. The Morgan fingerprint density at radius 2 is 2.04 bits per heavy atom. The van der Waals surface area contributed by atoms with Gasteiger partial charge in [0.05, 0.1) is 18.4 Å². The number of amides is 1. The van der Waals surface area contributed by atoms with Crippen molar-refractivity contribution in [2.75, 3.05) is 19.0 Å². The monoisotopic (exact) mass is 325 g/mol. The molecular weight excluding hydrogens is 302 g/mol. The summed E-state index contributed by atoms with van der Waals surface area (Å²) >= 11 is 0. The second-order valence-corrected chi connectivity index (χ2v) is 6.11. The molecule has 2 aromatic rings. The molecular formula is C19H23N3O2. The Labute approximate surface area is 142 Å². The third-order valence-electron chi connectivity index (χ3n) is 4.25. The Hall–Kier alpha value is -2.53. The van der Waals surface area contributed by atoms with Gasteiger partial charge in [-0.15, -0.1) is 0 Å². The number of ether oxygens (including phenoxy) is 1. The van der Waals surface area contributed by atoms with E-state index in [2.05, 4.69) is 10.6 Å². The fraction of sp³-hybridized carbons (Fsp3) is 0.316. The van der Waals surface area contributed by atoms with Crippen LogP contribution in [0.3, 0.4) is 0 Å². The van der Waals surface area contributed by atoms with Crippen LogP contribution in [0.5, 0.6) is 5.75 Å². The van der Waals surface area contributed by atoms with Gasteiger partial charge in [0.25, 0.3) is 5.91 Å². The van der Waals surface area contributed by atoms with Crippen LogP contribution < -0.4 is 21.1 Å². The van der Waals surface area contributed by atoms with Gasteiger partial charge in [-0.2, -0.15) is 0 Å². The predicted octanol–water partition coefficient (Wildman–Crippen LogP) is 2.91. The molecule has 1 unspecified atom stereocenters. The van der Waals surface area contributed by atoms with Crippen LogP contribution in [0.2, 0.25) is 0 Å². The summed E-state index contributed by atoms with van der Waals surface area (Å²) in [6, 6.07) is 15.1. The van der Waals surface area contributed by atoms with E-state index in [1.165, 1.54) is 12.8 Å². The van der Waals surface area contributed by atoms with Gasteiger partial charge in [0.2, 0.25) is 0 Å². The topological polar surface area (TPSA) is 76.4 Å². The van der Waals surface area contributed by atoms with E-state index < -0.39 is 0 Å². The lowest BCUT2D eigenvalue weighted by atomic mass is 10.1. The van der Waals surface area contributed by atoms with Gasteiger partial charge in [-0.05, 0) is 43.0 Å². The largest absolute Gasteiger partial charge is 0.497 e. The first-order valence-electron chi connectivity index (χ1n) is 8.21. The third kappa shape index (κ3) is 4.06. The van der Waals surface area contributed by atoms with E-state index in [-0.39, 0.29) is 11.9 Å². The van der Waals surface area contributed by atoms with Gasteiger partial charge in [-0.25, -0.2) is 0 Å². The fourth-order valence-corrected chi connectivity index (χ4v) is 2.64. The fourth-order valence-electron chi connectivity index (χ4n) is 2.64. The Morgan fingerprint density at radius 1 is 1.25 bits per heavy atom. The van der Waals surface area contributed by atoms with Crippen LogP contribution in [-0.4, -0.2) is 25.6 Å². The first kappa shape index (κ1) is 16.3. The highest BCUT2D eigenvalue weighted by molar-refractivity contribution is 6.00. The summed E-state index contributed by atoms with van der Waals surface area (Å²) in [5.41, 5.74) is 8.27. The van der Waals surface area contributed by atoms with Crippen LogP contribution in [0.1, 0.15) is 23.2 Å². The zero-order valence-corrected chi connectivity index (χ0v) is 13.8. The summed E-state index contributed by atoms with van der Waals surface area (Å²) in [5.74, 6) is 1.21. The number of carbonyl (C=O) groups is 1. The SMILES string of the molecule is COc1cccc(Nc2ccccc2C(=O)NCC(N)C2CC2)c1. The first-order chi connectivity index (χ1) is 11.7. The number of para-hydroxylation sites is 1. The van der Waals surface area contributed by atoms with E-state index in [0.717, 1.165) is 17.1 Å². The molecule has 1 amide bonds. The molecule has 1 aliphatic carbocycles. The lowest BCUT2D eigenvalue weighted by molar-refractivity contribution is 0.0951. The quantitative estimate of drug-likeness (QED) is 0.731. The van der Waals surface area contributed by atoms with Crippen LogP contribution in [0.4, 0.5) is 11.4 Å². The van der Waals surface area contributed by atoms with Crippen molar-refractivity contribution >= 4 is 17.3 Å². The van der Waals surface area contributed by atoms with Crippen molar-refractivity contribution in [1.29, 1.82) is 0 Å². The molecule has 24 heavy (non-hydrogen) atoms. The Morgan fingerprint density at radius 3 is 2.79 bits per heavy atom. The van der Waals surface area contributed by atoms with Crippen molar-refractivity contribution in [3.8, 4) is 5.75 Å².